The molecule has 1 aromatic heterocycles. The van der Waals surface area contributed by atoms with Gasteiger partial charge < -0.3 is 5.73 Å². The molecule has 7 heteroatoms. The van der Waals surface area contributed by atoms with Gasteiger partial charge in [0.2, 0.25) is 10.0 Å². The molecule has 4 nitrogen and oxygen atoms in total. The van der Waals surface area contributed by atoms with Gasteiger partial charge in [0.1, 0.15) is 0 Å². The summed E-state index contributed by atoms with van der Waals surface area (Å²) < 4.78 is 25.0. The number of halogens is 1. The lowest BCUT2D eigenvalue weighted by Crippen LogP contribution is -2.31. The number of rotatable bonds is 7. The fraction of sp³-hybridized carbons (Fsp3) is 0.600. The van der Waals surface area contributed by atoms with E-state index in [9.17, 15) is 8.42 Å². The third kappa shape index (κ3) is 5.83. The second-order valence-electron chi connectivity index (χ2n) is 3.61. The predicted octanol–water partition coefficient (Wildman–Crippen LogP) is 1.32. The topological polar surface area (TPSA) is 63.4 Å². The Hall–Kier alpha value is -0.140. The summed E-state index contributed by atoms with van der Waals surface area (Å²) in [6, 6.07) is 3.89. The number of hydrogen-bond acceptors (Lipinski definition) is 4. The average Bonchev–Trinajstić information content (AvgIpc) is 2.76. The highest BCUT2D eigenvalue weighted by Crippen LogP contribution is 2.11. The number of thiophene rings is 1. The lowest BCUT2D eigenvalue weighted by molar-refractivity contribution is 0.463. The molecular formula is C10H19ClN2O2S2. The van der Waals surface area contributed by atoms with Gasteiger partial charge in [-0.2, -0.15) is 0 Å². The first-order valence-corrected chi connectivity index (χ1v) is 7.71. The molecule has 0 aromatic carbocycles. The third-order valence-corrected chi connectivity index (χ3v) is 5.13. The van der Waals surface area contributed by atoms with E-state index >= 15 is 0 Å². The highest BCUT2D eigenvalue weighted by atomic mass is 35.5. The van der Waals surface area contributed by atoms with Crippen LogP contribution < -0.4 is 5.73 Å². The average molecular weight is 299 g/mol. The summed E-state index contributed by atoms with van der Waals surface area (Å²) in [5.41, 5.74) is 5.35. The number of aryl methyl sites for hydroxylation is 1. The molecule has 1 heterocycles. The highest BCUT2D eigenvalue weighted by molar-refractivity contribution is 7.89. The molecule has 0 atom stereocenters. The van der Waals surface area contributed by atoms with Gasteiger partial charge in [0, 0.05) is 18.5 Å². The first-order chi connectivity index (χ1) is 7.56. The molecule has 17 heavy (non-hydrogen) atoms. The minimum atomic E-state index is -3.12. The molecule has 2 N–H and O–H groups in total. The van der Waals surface area contributed by atoms with Crippen molar-refractivity contribution in [1.29, 1.82) is 0 Å². The van der Waals surface area contributed by atoms with Crippen molar-refractivity contribution in [2.45, 2.75) is 12.8 Å². The molecule has 0 unspecified atom stereocenters. The predicted molar refractivity (Wildman–Crippen MR) is 75.4 cm³/mol. The summed E-state index contributed by atoms with van der Waals surface area (Å²) >= 11 is 1.59. The van der Waals surface area contributed by atoms with Gasteiger partial charge >= 0.3 is 0 Å². The maximum Gasteiger partial charge on any atom is 0.214 e. The van der Waals surface area contributed by atoms with Gasteiger partial charge in [-0.15, -0.1) is 23.7 Å². The van der Waals surface area contributed by atoms with Gasteiger partial charge in [-0.1, -0.05) is 6.07 Å². The van der Waals surface area contributed by atoms with E-state index in [-0.39, 0.29) is 18.2 Å². The molecule has 0 amide bonds. The minimum absolute atomic E-state index is 0. The Morgan fingerprint density at radius 2 is 2.18 bits per heavy atom. The molecule has 0 aliphatic carbocycles. The molecule has 100 valence electrons. The van der Waals surface area contributed by atoms with Gasteiger partial charge in [0.25, 0.3) is 0 Å². The van der Waals surface area contributed by atoms with Gasteiger partial charge in [-0.05, 0) is 30.8 Å². The number of sulfonamides is 1. The van der Waals surface area contributed by atoms with E-state index in [4.69, 9.17) is 5.73 Å². The van der Waals surface area contributed by atoms with E-state index in [1.807, 2.05) is 17.5 Å². The Labute approximate surface area is 113 Å². The van der Waals surface area contributed by atoms with Gasteiger partial charge in [-0.25, -0.2) is 12.7 Å². The van der Waals surface area contributed by atoms with Crippen LogP contribution in [0, 0.1) is 0 Å². The largest absolute Gasteiger partial charge is 0.330 e. The Balaban J connectivity index is 0.00000256. The van der Waals surface area contributed by atoms with Crippen LogP contribution in [-0.4, -0.2) is 38.6 Å². The summed E-state index contributed by atoms with van der Waals surface area (Å²) in [5.74, 6) is 0.175. The van der Waals surface area contributed by atoms with Crippen molar-refractivity contribution < 1.29 is 8.42 Å². The Morgan fingerprint density at radius 1 is 1.47 bits per heavy atom. The fourth-order valence-electron chi connectivity index (χ4n) is 1.29. The molecule has 0 bridgehead atoms. The van der Waals surface area contributed by atoms with Crippen molar-refractivity contribution in [3.63, 3.8) is 0 Å². The molecule has 1 rings (SSSR count). The zero-order valence-corrected chi connectivity index (χ0v) is 12.3. The Bertz CT molecular complexity index is 392. The first kappa shape index (κ1) is 16.9. The number of nitrogens with zero attached hydrogens (tertiary/aromatic N) is 1. The molecule has 0 saturated heterocycles. The summed E-state index contributed by atoms with van der Waals surface area (Å²) in [4.78, 5) is 1.11. The molecular weight excluding hydrogens is 280 g/mol. The van der Waals surface area contributed by atoms with E-state index in [2.05, 4.69) is 0 Å². The van der Waals surface area contributed by atoms with E-state index in [1.54, 1.807) is 18.4 Å². The summed E-state index contributed by atoms with van der Waals surface area (Å²) in [6.07, 6.45) is 1.29. The maximum atomic E-state index is 11.8. The van der Waals surface area contributed by atoms with Crippen LogP contribution >= 0.6 is 23.7 Å². The minimum Gasteiger partial charge on any atom is -0.330 e. The molecule has 0 fully saturated rings. The SMILES string of the molecule is CN(CCCN)S(=O)(=O)CCc1cccs1.Cl. The van der Waals surface area contributed by atoms with Crippen LogP contribution in [0.25, 0.3) is 0 Å². The first-order valence-electron chi connectivity index (χ1n) is 5.22. The molecule has 0 saturated carbocycles. The molecule has 0 radical (unpaired) electrons. The Kier molecular flexibility index (Phi) is 7.98. The van der Waals surface area contributed by atoms with Crippen molar-refractivity contribution in [2.24, 2.45) is 5.73 Å². The van der Waals surface area contributed by atoms with E-state index in [0.717, 1.165) is 4.88 Å². The summed E-state index contributed by atoms with van der Waals surface area (Å²) in [6.45, 7) is 1.02. The lowest BCUT2D eigenvalue weighted by Gasteiger charge is -2.16. The molecule has 0 aliphatic heterocycles. The fourth-order valence-corrected chi connectivity index (χ4v) is 3.33. The van der Waals surface area contributed by atoms with Crippen LogP contribution in [0.3, 0.4) is 0 Å². The van der Waals surface area contributed by atoms with Gasteiger partial charge in [0.15, 0.2) is 0 Å². The van der Waals surface area contributed by atoms with Crippen LogP contribution in [-0.2, 0) is 16.4 Å². The van der Waals surface area contributed by atoms with Crippen molar-refractivity contribution in [1.82, 2.24) is 4.31 Å². The molecule has 0 spiro atoms. The summed E-state index contributed by atoms with van der Waals surface area (Å²) in [7, 11) is -1.51. The zero-order chi connectivity index (χ0) is 12.0. The van der Waals surface area contributed by atoms with E-state index in [0.29, 0.717) is 25.9 Å². The van der Waals surface area contributed by atoms with Crippen LogP contribution in [0.4, 0.5) is 0 Å². The third-order valence-electron chi connectivity index (χ3n) is 2.34. The quantitative estimate of drug-likeness (QED) is 0.826. The van der Waals surface area contributed by atoms with Crippen molar-refractivity contribution in [3.05, 3.63) is 22.4 Å². The highest BCUT2D eigenvalue weighted by Gasteiger charge is 2.16. The standard InChI is InChI=1S/C10H18N2O2S2.ClH/c1-12(7-3-6-11)16(13,14)9-5-10-4-2-8-15-10;/h2,4,8H,3,5-7,9,11H2,1H3;1H. The Morgan fingerprint density at radius 3 is 2.71 bits per heavy atom. The smallest absolute Gasteiger partial charge is 0.214 e. The van der Waals surface area contributed by atoms with Gasteiger partial charge in [-0.3, -0.25) is 0 Å². The van der Waals surface area contributed by atoms with Crippen molar-refractivity contribution in [2.75, 3.05) is 25.9 Å². The van der Waals surface area contributed by atoms with Crippen LogP contribution in [0.2, 0.25) is 0 Å². The zero-order valence-electron chi connectivity index (χ0n) is 9.83. The number of hydrogen-bond donors (Lipinski definition) is 1. The molecule has 1 aromatic rings. The molecule has 0 aliphatic rings. The van der Waals surface area contributed by atoms with E-state index < -0.39 is 10.0 Å². The van der Waals surface area contributed by atoms with Crippen molar-refractivity contribution >= 4 is 33.8 Å². The maximum absolute atomic E-state index is 11.8. The summed E-state index contributed by atoms with van der Waals surface area (Å²) in [5, 5.41) is 1.96. The van der Waals surface area contributed by atoms with Crippen LogP contribution in [0.5, 0.6) is 0 Å². The second kappa shape index (κ2) is 8.05. The van der Waals surface area contributed by atoms with Crippen LogP contribution in [0.1, 0.15) is 11.3 Å². The van der Waals surface area contributed by atoms with Gasteiger partial charge in [0.05, 0.1) is 5.75 Å². The van der Waals surface area contributed by atoms with E-state index in [1.165, 1.54) is 4.31 Å². The van der Waals surface area contributed by atoms with Crippen molar-refractivity contribution in [3.8, 4) is 0 Å². The normalized spacial score (nSPS) is 11.5. The lowest BCUT2D eigenvalue weighted by atomic mass is 10.4. The second-order valence-corrected chi connectivity index (χ2v) is 6.84. The number of nitrogens with two attached hydrogens (primary N) is 1. The monoisotopic (exact) mass is 298 g/mol. The van der Waals surface area contributed by atoms with Crippen LogP contribution in [0.15, 0.2) is 17.5 Å².